The third-order valence-electron chi connectivity index (χ3n) is 2.58. The van der Waals surface area contributed by atoms with E-state index < -0.39 is 0 Å². The number of hydrogen-bond donors (Lipinski definition) is 2. The van der Waals surface area contributed by atoms with Crippen molar-refractivity contribution in [3.8, 4) is 0 Å². The first kappa shape index (κ1) is 13.9. The molecule has 0 fully saturated rings. The minimum Gasteiger partial charge on any atom is -0.395 e. The lowest BCUT2D eigenvalue weighted by Crippen LogP contribution is -2.34. The molecular weight excluding hydrogens is 178 g/mol. The molecule has 14 heavy (non-hydrogen) atoms. The summed E-state index contributed by atoms with van der Waals surface area (Å²) in [5.74, 6) is 0. The van der Waals surface area contributed by atoms with Crippen LogP contribution in [0.1, 0.15) is 34.1 Å². The summed E-state index contributed by atoms with van der Waals surface area (Å²) in [7, 11) is 0. The smallest absolute Gasteiger partial charge is 0.0600 e. The molecule has 86 valence electrons. The van der Waals surface area contributed by atoms with Crippen LogP contribution in [0.25, 0.3) is 0 Å². The van der Waals surface area contributed by atoms with Gasteiger partial charge in [0.15, 0.2) is 0 Å². The van der Waals surface area contributed by atoms with Crippen LogP contribution in [0.3, 0.4) is 0 Å². The second-order valence-corrected chi connectivity index (χ2v) is 4.83. The van der Waals surface area contributed by atoms with Crippen LogP contribution in [0.5, 0.6) is 0 Å². The minimum absolute atomic E-state index is 0.0430. The van der Waals surface area contributed by atoms with Crippen molar-refractivity contribution in [3.05, 3.63) is 0 Å². The third-order valence-corrected chi connectivity index (χ3v) is 2.58. The van der Waals surface area contributed by atoms with Gasteiger partial charge in [-0.25, -0.2) is 0 Å². The van der Waals surface area contributed by atoms with Gasteiger partial charge in [0.2, 0.25) is 0 Å². The molecule has 0 aromatic heterocycles. The molecule has 0 saturated heterocycles. The number of aliphatic hydroxyl groups is 2. The van der Waals surface area contributed by atoms with Crippen molar-refractivity contribution in [2.45, 2.75) is 40.2 Å². The minimum atomic E-state index is -0.268. The Balaban J connectivity index is 3.79. The van der Waals surface area contributed by atoms with E-state index in [0.29, 0.717) is 6.54 Å². The summed E-state index contributed by atoms with van der Waals surface area (Å²) < 4.78 is 0. The molecule has 0 aromatic carbocycles. The van der Waals surface area contributed by atoms with E-state index in [1.54, 1.807) is 0 Å². The maximum absolute atomic E-state index is 9.81. The molecule has 0 amide bonds. The zero-order valence-electron chi connectivity index (χ0n) is 9.95. The molecule has 3 heteroatoms. The van der Waals surface area contributed by atoms with Crippen LogP contribution in [0.15, 0.2) is 0 Å². The van der Waals surface area contributed by atoms with Crippen molar-refractivity contribution in [1.82, 2.24) is 4.90 Å². The number of hydrogen-bond acceptors (Lipinski definition) is 3. The average molecular weight is 203 g/mol. The van der Waals surface area contributed by atoms with Gasteiger partial charge in [-0.15, -0.1) is 0 Å². The lowest BCUT2D eigenvalue weighted by atomic mass is 9.87. The van der Waals surface area contributed by atoms with E-state index in [1.165, 1.54) is 0 Å². The van der Waals surface area contributed by atoms with Gasteiger partial charge in [-0.1, -0.05) is 27.7 Å². The molecule has 0 aliphatic rings. The van der Waals surface area contributed by atoms with Crippen molar-refractivity contribution < 1.29 is 10.2 Å². The predicted molar refractivity (Wildman–Crippen MR) is 59.3 cm³/mol. The first-order valence-electron chi connectivity index (χ1n) is 5.43. The zero-order valence-corrected chi connectivity index (χ0v) is 9.95. The summed E-state index contributed by atoms with van der Waals surface area (Å²) in [6.07, 6.45) is 0.507. The number of nitrogens with zero attached hydrogens (tertiary/aromatic N) is 1. The highest BCUT2D eigenvalue weighted by Gasteiger charge is 2.22. The summed E-state index contributed by atoms with van der Waals surface area (Å²) in [4.78, 5) is 2.15. The molecule has 1 atom stereocenters. The highest BCUT2D eigenvalue weighted by Crippen LogP contribution is 2.21. The van der Waals surface area contributed by atoms with Crippen LogP contribution in [-0.4, -0.2) is 47.5 Å². The van der Waals surface area contributed by atoms with Crippen molar-refractivity contribution in [3.63, 3.8) is 0 Å². The summed E-state index contributed by atoms with van der Waals surface area (Å²) in [6, 6.07) is 0. The quantitative estimate of drug-likeness (QED) is 0.679. The predicted octanol–water partition coefficient (Wildman–Crippen LogP) is 1.10. The molecular formula is C11H25NO2. The van der Waals surface area contributed by atoms with Gasteiger partial charge in [-0.05, 0) is 18.4 Å². The Kier molecular flexibility index (Phi) is 6.33. The van der Waals surface area contributed by atoms with Crippen LogP contribution in [-0.2, 0) is 0 Å². The molecule has 0 aliphatic carbocycles. The molecule has 1 unspecified atom stereocenters. The van der Waals surface area contributed by atoms with E-state index >= 15 is 0 Å². The highest BCUT2D eigenvalue weighted by atomic mass is 16.3. The van der Waals surface area contributed by atoms with Gasteiger partial charge in [0, 0.05) is 13.1 Å². The van der Waals surface area contributed by atoms with Gasteiger partial charge in [-0.3, -0.25) is 0 Å². The van der Waals surface area contributed by atoms with E-state index in [1.807, 2.05) is 20.8 Å². The van der Waals surface area contributed by atoms with Crippen molar-refractivity contribution >= 4 is 0 Å². The van der Waals surface area contributed by atoms with Crippen molar-refractivity contribution in [1.29, 1.82) is 0 Å². The van der Waals surface area contributed by atoms with E-state index in [2.05, 4.69) is 11.8 Å². The van der Waals surface area contributed by atoms with Gasteiger partial charge in [0.05, 0.1) is 12.7 Å². The summed E-state index contributed by atoms with van der Waals surface area (Å²) in [5, 5.41) is 18.6. The molecule has 0 radical (unpaired) electrons. The SMILES string of the molecule is CCN(CCO)CCC(O)C(C)(C)C. The fraction of sp³-hybridized carbons (Fsp3) is 1.00. The van der Waals surface area contributed by atoms with Gasteiger partial charge in [0.25, 0.3) is 0 Å². The van der Waals surface area contributed by atoms with E-state index in [0.717, 1.165) is 19.5 Å². The van der Waals surface area contributed by atoms with Gasteiger partial charge >= 0.3 is 0 Å². The maximum Gasteiger partial charge on any atom is 0.0600 e. The lowest BCUT2D eigenvalue weighted by molar-refractivity contribution is 0.0444. The van der Waals surface area contributed by atoms with Crippen LogP contribution in [0.2, 0.25) is 0 Å². The fourth-order valence-corrected chi connectivity index (χ4v) is 1.31. The molecule has 0 aromatic rings. The van der Waals surface area contributed by atoms with Crippen LogP contribution in [0.4, 0.5) is 0 Å². The van der Waals surface area contributed by atoms with Crippen LogP contribution < -0.4 is 0 Å². The Hall–Kier alpha value is -0.120. The van der Waals surface area contributed by atoms with E-state index in [4.69, 9.17) is 5.11 Å². The van der Waals surface area contributed by atoms with Gasteiger partial charge in [0.1, 0.15) is 0 Å². The molecule has 3 nitrogen and oxygen atoms in total. The normalized spacial score (nSPS) is 14.8. The number of aliphatic hydroxyl groups excluding tert-OH is 2. The molecule has 0 rings (SSSR count). The Bertz CT molecular complexity index is 143. The second kappa shape index (κ2) is 6.38. The Morgan fingerprint density at radius 2 is 1.79 bits per heavy atom. The third kappa shape index (κ3) is 5.58. The van der Waals surface area contributed by atoms with Crippen LogP contribution in [0, 0.1) is 5.41 Å². The Labute approximate surface area is 87.7 Å². The molecule has 0 aliphatic heterocycles. The number of likely N-dealkylation sites (N-methyl/N-ethyl adjacent to an activating group) is 1. The zero-order chi connectivity index (χ0) is 11.2. The maximum atomic E-state index is 9.81. The fourth-order valence-electron chi connectivity index (χ4n) is 1.31. The van der Waals surface area contributed by atoms with Crippen LogP contribution >= 0.6 is 0 Å². The first-order chi connectivity index (χ1) is 6.41. The number of rotatable bonds is 6. The largest absolute Gasteiger partial charge is 0.395 e. The summed E-state index contributed by atoms with van der Waals surface area (Å²) in [6.45, 7) is 10.9. The average Bonchev–Trinajstić information content (AvgIpc) is 2.10. The van der Waals surface area contributed by atoms with Gasteiger partial charge < -0.3 is 15.1 Å². The van der Waals surface area contributed by atoms with Gasteiger partial charge in [-0.2, -0.15) is 0 Å². The first-order valence-corrected chi connectivity index (χ1v) is 5.43. The molecule has 0 spiro atoms. The monoisotopic (exact) mass is 203 g/mol. The van der Waals surface area contributed by atoms with E-state index in [-0.39, 0.29) is 18.1 Å². The second-order valence-electron chi connectivity index (χ2n) is 4.83. The van der Waals surface area contributed by atoms with Crippen molar-refractivity contribution in [2.24, 2.45) is 5.41 Å². The molecule has 0 bridgehead atoms. The standard InChI is InChI=1S/C11H25NO2/c1-5-12(8-9-13)7-6-10(14)11(2,3)4/h10,13-14H,5-9H2,1-4H3. The topological polar surface area (TPSA) is 43.7 Å². The van der Waals surface area contributed by atoms with Crippen molar-refractivity contribution in [2.75, 3.05) is 26.2 Å². The molecule has 2 N–H and O–H groups in total. The summed E-state index contributed by atoms with van der Waals surface area (Å²) in [5.41, 5.74) is -0.0430. The Morgan fingerprint density at radius 3 is 2.14 bits per heavy atom. The van der Waals surface area contributed by atoms with E-state index in [9.17, 15) is 5.11 Å². The summed E-state index contributed by atoms with van der Waals surface area (Å²) >= 11 is 0. The lowest BCUT2D eigenvalue weighted by Gasteiger charge is -2.28. The Morgan fingerprint density at radius 1 is 1.21 bits per heavy atom. The highest BCUT2D eigenvalue weighted by molar-refractivity contribution is 4.73. The molecule has 0 saturated carbocycles. The molecule has 0 heterocycles.